The molecule has 1 unspecified atom stereocenters. The summed E-state index contributed by atoms with van der Waals surface area (Å²) >= 11 is 0. The quantitative estimate of drug-likeness (QED) is 0.585. The van der Waals surface area contributed by atoms with E-state index in [-0.39, 0.29) is 25.2 Å². The molecule has 0 aromatic rings. The van der Waals surface area contributed by atoms with Crippen LogP contribution in [0.1, 0.15) is 25.7 Å². The van der Waals surface area contributed by atoms with Gasteiger partial charge in [0.25, 0.3) is 0 Å². The van der Waals surface area contributed by atoms with Crippen molar-refractivity contribution in [2.45, 2.75) is 37.8 Å². The van der Waals surface area contributed by atoms with Crippen molar-refractivity contribution in [3.8, 4) is 0 Å². The van der Waals surface area contributed by atoms with Crippen LogP contribution >= 0.6 is 0 Å². The highest BCUT2D eigenvalue weighted by molar-refractivity contribution is 5.82. The topological polar surface area (TPSA) is 76.0 Å². The lowest BCUT2D eigenvalue weighted by Crippen LogP contribution is -2.52. The first-order valence-electron chi connectivity index (χ1n) is 7.75. The standard InChI is InChI=1S/C14H27N3O3/c18-10-8-16(9-11-19)14(20)13-2-1-7-17(13)12-3-5-15-6-4-12/h12-13,15,18-19H,1-11H2. The maximum absolute atomic E-state index is 12.6. The van der Waals surface area contributed by atoms with Gasteiger partial charge in [-0.3, -0.25) is 9.69 Å². The SMILES string of the molecule is O=C(C1CCCN1C1CCNCC1)N(CCO)CCO. The van der Waals surface area contributed by atoms with Gasteiger partial charge in [0.2, 0.25) is 5.91 Å². The van der Waals surface area contributed by atoms with Gasteiger partial charge in [0.15, 0.2) is 0 Å². The molecule has 2 fully saturated rings. The Morgan fingerprint density at radius 3 is 2.40 bits per heavy atom. The van der Waals surface area contributed by atoms with Crippen LogP contribution in [0.25, 0.3) is 0 Å². The summed E-state index contributed by atoms with van der Waals surface area (Å²) in [5.41, 5.74) is 0. The first-order chi connectivity index (χ1) is 9.77. The van der Waals surface area contributed by atoms with E-state index in [1.54, 1.807) is 4.90 Å². The largest absolute Gasteiger partial charge is 0.395 e. The Kier molecular flexibility index (Phi) is 6.22. The van der Waals surface area contributed by atoms with Crippen LogP contribution < -0.4 is 5.32 Å². The van der Waals surface area contributed by atoms with Gasteiger partial charge in [-0.25, -0.2) is 0 Å². The smallest absolute Gasteiger partial charge is 0.240 e. The van der Waals surface area contributed by atoms with Crippen molar-refractivity contribution in [2.24, 2.45) is 0 Å². The normalized spacial score (nSPS) is 25.0. The van der Waals surface area contributed by atoms with Crippen LogP contribution in [-0.4, -0.2) is 83.9 Å². The van der Waals surface area contributed by atoms with E-state index >= 15 is 0 Å². The average molecular weight is 285 g/mol. The van der Waals surface area contributed by atoms with Crippen molar-refractivity contribution in [1.29, 1.82) is 0 Å². The molecule has 0 aromatic heterocycles. The molecule has 1 atom stereocenters. The molecule has 2 saturated heterocycles. The average Bonchev–Trinajstić information content (AvgIpc) is 2.96. The minimum atomic E-state index is -0.0591. The number of nitrogens with zero attached hydrogens (tertiary/aromatic N) is 2. The third-order valence-corrected chi connectivity index (χ3v) is 4.41. The van der Waals surface area contributed by atoms with Gasteiger partial charge in [0, 0.05) is 19.1 Å². The van der Waals surface area contributed by atoms with Crippen LogP contribution in [0.3, 0.4) is 0 Å². The fraction of sp³-hybridized carbons (Fsp3) is 0.929. The molecule has 2 rings (SSSR count). The summed E-state index contributed by atoms with van der Waals surface area (Å²) in [6.07, 6.45) is 4.16. The molecule has 0 spiro atoms. The third-order valence-electron chi connectivity index (χ3n) is 4.41. The number of rotatable bonds is 6. The molecule has 20 heavy (non-hydrogen) atoms. The van der Waals surface area contributed by atoms with Gasteiger partial charge in [-0.1, -0.05) is 0 Å². The van der Waals surface area contributed by atoms with Crippen molar-refractivity contribution < 1.29 is 15.0 Å². The summed E-state index contributed by atoms with van der Waals surface area (Å²) < 4.78 is 0. The van der Waals surface area contributed by atoms with Gasteiger partial charge in [-0.05, 0) is 45.3 Å². The van der Waals surface area contributed by atoms with Crippen LogP contribution in [0.5, 0.6) is 0 Å². The molecule has 0 saturated carbocycles. The zero-order chi connectivity index (χ0) is 14.4. The van der Waals surface area contributed by atoms with Crippen molar-refractivity contribution in [3.63, 3.8) is 0 Å². The van der Waals surface area contributed by atoms with Crippen molar-refractivity contribution in [1.82, 2.24) is 15.1 Å². The molecule has 2 heterocycles. The Morgan fingerprint density at radius 1 is 1.15 bits per heavy atom. The molecule has 2 aliphatic heterocycles. The lowest BCUT2D eigenvalue weighted by Gasteiger charge is -2.37. The molecular weight excluding hydrogens is 258 g/mol. The minimum Gasteiger partial charge on any atom is -0.395 e. The lowest BCUT2D eigenvalue weighted by molar-refractivity contribution is -0.138. The molecule has 116 valence electrons. The molecule has 6 heteroatoms. The predicted molar refractivity (Wildman–Crippen MR) is 76.4 cm³/mol. The van der Waals surface area contributed by atoms with Gasteiger partial charge in [0.05, 0.1) is 19.3 Å². The van der Waals surface area contributed by atoms with E-state index in [2.05, 4.69) is 10.2 Å². The molecule has 0 aromatic carbocycles. The molecule has 2 aliphatic rings. The van der Waals surface area contributed by atoms with E-state index in [1.165, 1.54) is 0 Å². The second kappa shape index (κ2) is 7.93. The van der Waals surface area contributed by atoms with Gasteiger partial charge in [-0.15, -0.1) is 0 Å². The van der Waals surface area contributed by atoms with Gasteiger partial charge >= 0.3 is 0 Å². The Balaban J connectivity index is 1.98. The summed E-state index contributed by atoms with van der Waals surface area (Å²) in [6, 6.07) is 0.439. The maximum atomic E-state index is 12.6. The number of aliphatic hydroxyl groups is 2. The number of carbonyl (C=O) groups excluding carboxylic acids is 1. The van der Waals surface area contributed by atoms with Crippen molar-refractivity contribution >= 4 is 5.91 Å². The Bertz CT molecular complexity index is 302. The molecular formula is C14H27N3O3. The lowest BCUT2D eigenvalue weighted by atomic mass is 10.0. The number of amides is 1. The number of nitrogens with one attached hydrogen (secondary N) is 1. The highest BCUT2D eigenvalue weighted by atomic mass is 16.3. The predicted octanol–water partition coefficient (Wildman–Crippen LogP) is -0.984. The van der Waals surface area contributed by atoms with E-state index < -0.39 is 0 Å². The first kappa shape index (κ1) is 15.7. The summed E-state index contributed by atoms with van der Waals surface area (Å²) in [7, 11) is 0. The van der Waals surface area contributed by atoms with E-state index in [9.17, 15) is 4.79 Å². The Morgan fingerprint density at radius 2 is 1.80 bits per heavy atom. The van der Waals surface area contributed by atoms with E-state index in [0.717, 1.165) is 45.3 Å². The zero-order valence-electron chi connectivity index (χ0n) is 12.1. The van der Waals surface area contributed by atoms with E-state index in [4.69, 9.17) is 10.2 Å². The minimum absolute atomic E-state index is 0.0498. The number of hydrogen-bond acceptors (Lipinski definition) is 5. The zero-order valence-corrected chi connectivity index (χ0v) is 12.1. The fourth-order valence-corrected chi connectivity index (χ4v) is 3.41. The summed E-state index contributed by atoms with van der Waals surface area (Å²) in [4.78, 5) is 16.6. The van der Waals surface area contributed by atoms with Gasteiger partial charge < -0.3 is 20.4 Å². The van der Waals surface area contributed by atoms with Crippen LogP contribution in [0.4, 0.5) is 0 Å². The van der Waals surface area contributed by atoms with Crippen LogP contribution in [-0.2, 0) is 4.79 Å². The van der Waals surface area contributed by atoms with Crippen molar-refractivity contribution in [3.05, 3.63) is 0 Å². The molecule has 1 amide bonds. The fourth-order valence-electron chi connectivity index (χ4n) is 3.41. The monoisotopic (exact) mass is 285 g/mol. The van der Waals surface area contributed by atoms with Crippen LogP contribution in [0.15, 0.2) is 0 Å². The van der Waals surface area contributed by atoms with Crippen LogP contribution in [0, 0.1) is 0 Å². The van der Waals surface area contributed by atoms with Gasteiger partial charge in [-0.2, -0.15) is 0 Å². The second-order valence-corrected chi connectivity index (χ2v) is 5.65. The van der Waals surface area contributed by atoms with Gasteiger partial charge in [0.1, 0.15) is 0 Å². The highest BCUT2D eigenvalue weighted by Crippen LogP contribution is 2.25. The number of carbonyl (C=O) groups is 1. The number of likely N-dealkylation sites (tertiary alicyclic amines) is 1. The maximum Gasteiger partial charge on any atom is 0.240 e. The number of aliphatic hydroxyl groups excluding tert-OH is 2. The van der Waals surface area contributed by atoms with Crippen LogP contribution in [0.2, 0.25) is 0 Å². The number of piperidine rings is 1. The summed E-state index contributed by atoms with van der Waals surface area (Å²) in [5, 5.41) is 21.5. The summed E-state index contributed by atoms with van der Waals surface area (Å²) in [5.74, 6) is 0.0733. The Labute approximate surface area is 120 Å². The molecule has 0 aliphatic carbocycles. The Hall–Kier alpha value is -0.690. The number of hydrogen-bond donors (Lipinski definition) is 3. The molecule has 0 radical (unpaired) electrons. The summed E-state index contributed by atoms with van der Waals surface area (Å²) in [6.45, 7) is 3.58. The third kappa shape index (κ3) is 3.69. The molecule has 3 N–H and O–H groups in total. The van der Waals surface area contributed by atoms with Crippen molar-refractivity contribution in [2.75, 3.05) is 45.9 Å². The highest BCUT2D eigenvalue weighted by Gasteiger charge is 2.37. The van der Waals surface area contributed by atoms with E-state index in [0.29, 0.717) is 19.1 Å². The molecule has 6 nitrogen and oxygen atoms in total. The van der Waals surface area contributed by atoms with E-state index in [1.807, 2.05) is 0 Å². The molecule has 0 bridgehead atoms. The second-order valence-electron chi connectivity index (χ2n) is 5.65. The first-order valence-corrected chi connectivity index (χ1v) is 7.75.